The lowest BCUT2D eigenvalue weighted by Crippen LogP contribution is -2.46. The van der Waals surface area contributed by atoms with Gasteiger partial charge < -0.3 is 4.74 Å². The number of hydrogen-bond donors (Lipinski definition) is 0. The van der Waals surface area contributed by atoms with Crippen molar-refractivity contribution in [3.05, 3.63) is 0 Å². The molecule has 0 spiro atoms. The highest BCUT2D eigenvalue weighted by atomic mass is 16.5. The van der Waals surface area contributed by atoms with Crippen molar-refractivity contribution >= 4 is 0 Å². The summed E-state index contributed by atoms with van der Waals surface area (Å²) in [6.45, 7) is 24.4. The molecule has 134 valence electrons. The van der Waals surface area contributed by atoms with Gasteiger partial charge in [-0.1, -0.05) is 81.6 Å². The number of unbranched alkanes of at least 4 members (excludes halogenated alkanes) is 1. The Bertz CT molecular complexity index is 294. The Morgan fingerprint density at radius 3 is 1.82 bits per heavy atom. The van der Waals surface area contributed by atoms with E-state index < -0.39 is 0 Å². The molecule has 0 heterocycles. The molecule has 0 aliphatic heterocycles. The normalized spacial score (nSPS) is 18.8. The maximum absolute atomic E-state index is 6.43. The summed E-state index contributed by atoms with van der Waals surface area (Å²) in [4.78, 5) is 0. The van der Waals surface area contributed by atoms with Gasteiger partial charge in [-0.25, -0.2) is 0 Å². The van der Waals surface area contributed by atoms with Gasteiger partial charge in [0.1, 0.15) is 0 Å². The van der Waals surface area contributed by atoms with Gasteiger partial charge in [0.05, 0.1) is 6.10 Å². The minimum Gasteiger partial charge on any atom is -0.378 e. The van der Waals surface area contributed by atoms with Gasteiger partial charge in [0.25, 0.3) is 0 Å². The van der Waals surface area contributed by atoms with Crippen molar-refractivity contribution in [1.82, 2.24) is 0 Å². The van der Waals surface area contributed by atoms with Gasteiger partial charge in [0.15, 0.2) is 0 Å². The summed E-state index contributed by atoms with van der Waals surface area (Å²) >= 11 is 0. The topological polar surface area (TPSA) is 9.23 Å². The van der Waals surface area contributed by atoms with E-state index in [9.17, 15) is 0 Å². The molecule has 0 N–H and O–H groups in total. The predicted octanol–water partition coefficient (Wildman–Crippen LogP) is 7.10. The zero-order valence-electron chi connectivity index (χ0n) is 17.3. The van der Waals surface area contributed by atoms with Gasteiger partial charge in [-0.05, 0) is 41.9 Å². The minimum absolute atomic E-state index is 0.189. The fourth-order valence-electron chi connectivity index (χ4n) is 3.48. The molecule has 0 saturated heterocycles. The Labute approximate surface area is 141 Å². The molecule has 0 rings (SSSR count). The van der Waals surface area contributed by atoms with Crippen molar-refractivity contribution in [2.75, 3.05) is 6.61 Å². The maximum atomic E-state index is 6.43. The molecule has 1 nitrogen and oxygen atoms in total. The second-order valence-corrected chi connectivity index (χ2v) is 9.80. The first kappa shape index (κ1) is 22.0. The van der Waals surface area contributed by atoms with Crippen LogP contribution in [0.4, 0.5) is 0 Å². The van der Waals surface area contributed by atoms with E-state index in [1.807, 2.05) is 0 Å². The Balaban J connectivity index is 4.88. The third-order valence-electron chi connectivity index (χ3n) is 5.63. The van der Waals surface area contributed by atoms with Gasteiger partial charge in [0.2, 0.25) is 0 Å². The van der Waals surface area contributed by atoms with Gasteiger partial charge in [-0.15, -0.1) is 0 Å². The maximum Gasteiger partial charge on any atom is 0.0605 e. The van der Waals surface area contributed by atoms with Crippen LogP contribution < -0.4 is 0 Å². The molecule has 0 bridgehead atoms. The Morgan fingerprint density at radius 2 is 1.45 bits per heavy atom. The van der Waals surface area contributed by atoms with Crippen LogP contribution in [-0.4, -0.2) is 12.7 Å². The van der Waals surface area contributed by atoms with Crippen LogP contribution in [0.25, 0.3) is 0 Å². The third-order valence-corrected chi connectivity index (χ3v) is 5.63. The molecular weight excluding hydrogens is 268 g/mol. The van der Waals surface area contributed by atoms with Crippen LogP contribution in [-0.2, 0) is 4.74 Å². The van der Waals surface area contributed by atoms with Crippen LogP contribution in [0.15, 0.2) is 0 Å². The molecule has 0 aromatic heterocycles. The van der Waals surface area contributed by atoms with Crippen LogP contribution in [0.5, 0.6) is 0 Å². The highest BCUT2D eigenvalue weighted by Crippen LogP contribution is 2.49. The SMILES string of the molecule is CCCCC(CC)COC(C)C(C)(CC(C)(C)C)C(C)(C)C. The van der Waals surface area contributed by atoms with Crippen molar-refractivity contribution < 1.29 is 4.74 Å². The van der Waals surface area contributed by atoms with E-state index in [-0.39, 0.29) is 10.8 Å². The smallest absolute Gasteiger partial charge is 0.0605 e. The Kier molecular flexibility index (Phi) is 8.70. The molecule has 0 aliphatic carbocycles. The molecule has 0 saturated carbocycles. The molecule has 3 unspecified atom stereocenters. The number of hydrogen-bond acceptors (Lipinski definition) is 1. The summed E-state index contributed by atoms with van der Waals surface area (Å²) in [5.41, 5.74) is 0.755. The van der Waals surface area contributed by atoms with Crippen molar-refractivity contribution in [2.24, 2.45) is 22.2 Å². The van der Waals surface area contributed by atoms with E-state index in [4.69, 9.17) is 4.74 Å². The lowest BCUT2D eigenvalue weighted by molar-refractivity contribution is -0.103. The molecule has 0 aliphatic rings. The van der Waals surface area contributed by atoms with E-state index in [2.05, 4.69) is 69.2 Å². The molecule has 1 heteroatoms. The second-order valence-electron chi connectivity index (χ2n) is 9.80. The minimum atomic E-state index is 0.189. The zero-order valence-corrected chi connectivity index (χ0v) is 17.3. The lowest BCUT2D eigenvalue weighted by atomic mass is 9.59. The summed E-state index contributed by atoms with van der Waals surface area (Å²) in [5.74, 6) is 0.723. The van der Waals surface area contributed by atoms with E-state index in [0.29, 0.717) is 11.5 Å². The third kappa shape index (κ3) is 7.02. The van der Waals surface area contributed by atoms with Crippen LogP contribution in [0.1, 0.15) is 101 Å². The fourth-order valence-corrected chi connectivity index (χ4v) is 3.48. The van der Waals surface area contributed by atoms with Gasteiger partial charge in [0, 0.05) is 6.61 Å². The average Bonchev–Trinajstić information content (AvgIpc) is 2.35. The van der Waals surface area contributed by atoms with Gasteiger partial charge in [-0.3, -0.25) is 0 Å². The van der Waals surface area contributed by atoms with E-state index in [1.165, 1.54) is 32.1 Å². The summed E-state index contributed by atoms with van der Waals surface area (Å²) < 4.78 is 6.43. The van der Waals surface area contributed by atoms with Crippen molar-refractivity contribution in [3.8, 4) is 0 Å². The molecule has 0 aromatic carbocycles. The van der Waals surface area contributed by atoms with E-state index in [1.54, 1.807) is 0 Å². The number of rotatable bonds is 9. The summed E-state index contributed by atoms with van der Waals surface area (Å²) in [7, 11) is 0. The summed E-state index contributed by atoms with van der Waals surface area (Å²) in [5, 5.41) is 0. The summed E-state index contributed by atoms with van der Waals surface area (Å²) in [6.07, 6.45) is 6.65. The Morgan fingerprint density at radius 1 is 0.909 bits per heavy atom. The summed E-state index contributed by atoms with van der Waals surface area (Å²) in [6, 6.07) is 0. The van der Waals surface area contributed by atoms with E-state index >= 15 is 0 Å². The molecule has 0 fully saturated rings. The average molecular weight is 313 g/mol. The standard InChI is InChI=1S/C21H44O/c1-11-13-14-18(12-2)15-22-17(3)21(10,20(7,8)9)16-19(4,5)6/h17-18H,11-16H2,1-10H3. The van der Waals surface area contributed by atoms with Gasteiger partial charge >= 0.3 is 0 Å². The van der Waals surface area contributed by atoms with Crippen LogP contribution >= 0.6 is 0 Å². The molecule has 22 heavy (non-hydrogen) atoms. The lowest BCUT2D eigenvalue weighted by Gasteiger charge is -2.49. The molecule has 0 radical (unpaired) electrons. The number of ether oxygens (including phenoxy) is 1. The van der Waals surface area contributed by atoms with Crippen molar-refractivity contribution in [1.29, 1.82) is 0 Å². The Hall–Kier alpha value is -0.0400. The largest absolute Gasteiger partial charge is 0.378 e. The molecule has 0 amide bonds. The van der Waals surface area contributed by atoms with Crippen LogP contribution in [0.2, 0.25) is 0 Å². The highest BCUT2D eigenvalue weighted by Gasteiger charge is 2.45. The predicted molar refractivity (Wildman–Crippen MR) is 100 cm³/mol. The quantitative estimate of drug-likeness (QED) is 0.441. The van der Waals surface area contributed by atoms with Gasteiger partial charge in [-0.2, -0.15) is 0 Å². The van der Waals surface area contributed by atoms with Crippen molar-refractivity contribution in [3.63, 3.8) is 0 Å². The second kappa shape index (κ2) is 8.71. The monoisotopic (exact) mass is 312 g/mol. The zero-order chi connectivity index (χ0) is 17.6. The highest BCUT2D eigenvalue weighted by molar-refractivity contribution is 4.94. The van der Waals surface area contributed by atoms with Crippen LogP contribution in [0.3, 0.4) is 0 Å². The van der Waals surface area contributed by atoms with Crippen molar-refractivity contribution in [2.45, 2.75) is 107 Å². The molecular formula is C21H44O. The fraction of sp³-hybridized carbons (Fsp3) is 1.00. The first-order chi connectivity index (χ1) is 9.87. The molecule has 0 aromatic rings. The molecule has 3 atom stereocenters. The first-order valence-corrected chi connectivity index (χ1v) is 9.49. The first-order valence-electron chi connectivity index (χ1n) is 9.49. The van der Waals surface area contributed by atoms with Crippen LogP contribution in [0, 0.1) is 22.2 Å². The van der Waals surface area contributed by atoms with E-state index in [0.717, 1.165) is 12.5 Å².